The van der Waals surface area contributed by atoms with Gasteiger partial charge >= 0.3 is 0 Å². The molecule has 39 heavy (non-hydrogen) atoms. The van der Waals surface area contributed by atoms with E-state index >= 15 is 0 Å². The van der Waals surface area contributed by atoms with E-state index in [9.17, 15) is 19.2 Å². The molecule has 1 saturated carbocycles. The van der Waals surface area contributed by atoms with Crippen LogP contribution in [0, 0.1) is 5.92 Å². The first-order chi connectivity index (χ1) is 18.8. The number of nitrogens with one attached hydrogen (secondary N) is 3. The summed E-state index contributed by atoms with van der Waals surface area (Å²) in [5, 5.41) is 12.0. The Kier molecular flexibility index (Phi) is 11.4. The number of amides is 4. The number of nitrogens with zero attached hydrogens (tertiary/aromatic N) is 6. The molecule has 4 amide bonds. The van der Waals surface area contributed by atoms with Gasteiger partial charge in [-0.3, -0.25) is 24.2 Å². The lowest BCUT2D eigenvalue weighted by atomic mass is 9.98. The first-order valence-electron chi connectivity index (χ1n) is 13.3. The van der Waals surface area contributed by atoms with Gasteiger partial charge in [0.25, 0.3) is 5.91 Å². The second kappa shape index (κ2) is 15.0. The molecular weight excluding hydrogens is 504 g/mol. The molecule has 14 heteroatoms. The maximum atomic E-state index is 13.6. The van der Waals surface area contributed by atoms with Crippen LogP contribution in [0.2, 0.25) is 0 Å². The summed E-state index contributed by atoms with van der Waals surface area (Å²) < 4.78 is 0. The molecule has 14 nitrogen and oxygen atoms in total. The van der Waals surface area contributed by atoms with Gasteiger partial charge in [-0.1, -0.05) is 0 Å². The number of hydrazone groups is 1. The number of piperidine rings is 1. The fourth-order valence-electron chi connectivity index (χ4n) is 4.56. The van der Waals surface area contributed by atoms with Crippen LogP contribution in [0.4, 0.5) is 0 Å². The summed E-state index contributed by atoms with van der Waals surface area (Å²) in [6.45, 7) is 2.60. The summed E-state index contributed by atoms with van der Waals surface area (Å²) in [6.07, 6.45) is 9.30. The zero-order valence-corrected chi connectivity index (χ0v) is 22.7. The van der Waals surface area contributed by atoms with Crippen molar-refractivity contribution in [2.45, 2.75) is 44.2 Å². The van der Waals surface area contributed by atoms with Crippen LogP contribution in [0.1, 0.15) is 42.6 Å². The van der Waals surface area contributed by atoms with Crippen LogP contribution in [-0.4, -0.2) is 120 Å². The Hall–Kier alpha value is -3.81. The van der Waals surface area contributed by atoms with Gasteiger partial charge in [0.05, 0.1) is 19.2 Å². The van der Waals surface area contributed by atoms with Crippen molar-refractivity contribution in [3.63, 3.8) is 0 Å². The van der Waals surface area contributed by atoms with Crippen LogP contribution in [0.5, 0.6) is 0 Å². The van der Waals surface area contributed by atoms with Crippen molar-refractivity contribution in [1.82, 2.24) is 40.6 Å². The third-order valence-corrected chi connectivity index (χ3v) is 6.56. The molecule has 1 aromatic rings. The number of hydrogen-bond donors (Lipinski definition) is 4. The third-order valence-electron chi connectivity index (χ3n) is 6.56. The van der Waals surface area contributed by atoms with E-state index in [-0.39, 0.29) is 67.3 Å². The van der Waals surface area contributed by atoms with E-state index in [0.29, 0.717) is 6.54 Å². The molecule has 2 atom stereocenters. The lowest BCUT2D eigenvalue weighted by Gasteiger charge is -2.31. The molecule has 0 unspecified atom stereocenters. The molecule has 1 aliphatic carbocycles. The molecule has 5 N–H and O–H groups in total. The lowest BCUT2D eigenvalue weighted by molar-refractivity contribution is -0.139. The zero-order valence-electron chi connectivity index (χ0n) is 22.7. The number of carbonyl (C=O) groups is 4. The van der Waals surface area contributed by atoms with E-state index in [0.717, 1.165) is 38.8 Å². The molecule has 0 aromatic carbocycles. The summed E-state index contributed by atoms with van der Waals surface area (Å²) >= 11 is 0. The minimum atomic E-state index is -1.01. The van der Waals surface area contributed by atoms with Crippen molar-refractivity contribution in [2.24, 2.45) is 16.9 Å². The number of aromatic nitrogens is 2. The average molecular weight is 545 g/mol. The fraction of sp³-hybridized carbons (Fsp3) is 0.640. The highest BCUT2D eigenvalue weighted by molar-refractivity contribution is 5.93. The molecule has 2 aliphatic rings. The number of rotatable bonds is 14. The van der Waals surface area contributed by atoms with Gasteiger partial charge in [0.1, 0.15) is 18.1 Å². The van der Waals surface area contributed by atoms with E-state index in [1.807, 2.05) is 4.90 Å². The average Bonchev–Trinajstić information content (AvgIpc) is 3.75. The molecule has 1 aromatic heterocycles. The molecule has 0 radical (unpaired) electrons. The minimum absolute atomic E-state index is 0.0136. The van der Waals surface area contributed by atoms with E-state index in [1.165, 1.54) is 18.6 Å². The number of hydrogen-bond acceptors (Lipinski definition) is 9. The predicted octanol–water partition coefficient (Wildman–Crippen LogP) is -1.64. The Bertz CT molecular complexity index is 1000. The van der Waals surface area contributed by atoms with Crippen molar-refractivity contribution in [3.05, 3.63) is 24.3 Å². The van der Waals surface area contributed by atoms with Crippen LogP contribution in [0.25, 0.3) is 0 Å². The summed E-state index contributed by atoms with van der Waals surface area (Å²) in [6, 6.07) is -0.999. The predicted molar refractivity (Wildman–Crippen MR) is 144 cm³/mol. The van der Waals surface area contributed by atoms with Crippen LogP contribution < -0.4 is 21.8 Å². The van der Waals surface area contributed by atoms with Gasteiger partial charge in [0, 0.05) is 51.2 Å². The monoisotopic (exact) mass is 544 g/mol. The van der Waals surface area contributed by atoms with Crippen LogP contribution in [0.3, 0.4) is 0 Å². The highest BCUT2D eigenvalue weighted by Crippen LogP contribution is 2.27. The first-order valence-corrected chi connectivity index (χ1v) is 13.3. The molecule has 0 bridgehead atoms. The Morgan fingerprint density at radius 1 is 1.18 bits per heavy atom. The summed E-state index contributed by atoms with van der Waals surface area (Å²) in [7, 11) is 3.50. The second-order valence-corrected chi connectivity index (χ2v) is 10.2. The van der Waals surface area contributed by atoms with E-state index in [1.54, 1.807) is 30.2 Å². The fourth-order valence-corrected chi connectivity index (χ4v) is 4.56. The molecule has 0 spiro atoms. The van der Waals surface area contributed by atoms with Crippen molar-refractivity contribution in [3.8, 4) is 0 Å². The van der Waals surface area contributed by atoms with E-state index < -0.39 is 6.04 Å². The Morgan fingerprint density at radius 2 is 1.97 bits per heavy atom. The first kappa shape index (κ1) is 29.7. The van der Waals surface area contributed by atoms with Crippen molar-refractivity contribution >= 4 is 30.0 Å². The number of likely N-dealkylation sites (tertiary alicyclic amines) is 1. The second-order valence-electron chi connectivity index (χ2n) is 10.2. The van der Waals surface area contributed by atoms with Gasteiger partial charge in [-0.2, -0.15) is 5.10 Å². The van der Waals surface area contributed by atoms with Crippen molar-refractivity contribution in [1.29, 1.82) is 0 Å². The third kappa shape index (κ3) is 10.1. The topological polar surface area (TPSA) is 178 Å². The van der Waals surface area contributed by atoms with Gasteiger partial charge in [-0.15, -0.1) is 0 Å². The minimum Gasteiger partial charge on any atom is -0.361 e. The molecule has 2 fully saturated rings. The van der Waals surface area contributed by atoms with Crippen molar-refractivity contribution < 1.29 is 19.2 Å². The molecule has 1 aliphatic heterocycles. The van der Waals surface area contributed by atoms with Crippen molar-refractivity contribution in [2.75, 3.05) is 53.4 Å². The van der Waals surface area contributed by atoms with Crippen LogP contribution in [0.15, 0.2) is 23.7 Å². The molecule has 2 heterocycles. The van der Waals surface area contributed by atoms with E-state index in [4.69, 9.17) is 5.84 Å². The number of carbonyl (C=O) groups excluding carboxylic acids is 4. The SMILES string of the molecule is CN(C)CC(=O)N[C@@H](CC(=O)NC[C@@H]1CCCN(C=NN)C1)C(=O)N(CCNC(=O)c1cnccn1)C1CC1. The smallest absolute Gasteiger partial charge is 0.271 e. The molecule has 1 saturated heterocycles. The number of likely N-dealkylation sites (N-methyl/N-ethyl adjacent to an activating group) is 1. The zero-order chi connectivity index (χ0) is 28.2. The maximum absolute atomic E-state index is 13.6. The van der Waals surface area contributed by atoms with Gasteiger partial charge in [0.15, 0.2) is 0 Å². The number of nitrogens with two attached hydrogens (primary N) is 1. The molecule has 214 valence electrons. The highest BCUT2D eigenvalue weighted by atomic mass is 16.2. The van der Waals surface area contributed by atoms with E-state index in [2.05, 4.69) is 31.0 Å². The lowest BCUT2D eigenvalue weighted by Crippen LogP contribution is -2.54. The Labute approximate surface area is 228 Å². The molecular formula is C25H40N10O4. The summed E-state index contributed by atoms with van der Waals surface area (Å²) in [5.41, 5.74) is 0.184. The quantitative estimate of drug-likeness (QED) is 0.0926. The Morgan fingerprint density at radius 3 is 2.64 bits per heavy atom. The Balaban J connectivity index is 1.58. The maximum Gasteiger partial charge on any atom is 0.271 e. The summed E-state index contributed by atoms with van der Waals surface area (Å²) in [5.74, 6) is 4.11. The van der Waals surface area contributed by atoms with Gasteiger partial charge < -0.3 is 36.5 Å². The highest BCUT2D eigenvalue weighted by Gasteiger charge is 2.37. The van der Waals surface area contributed by atoms with Gasteiger partial charge in [-0.25, -0.2) is 4.98 Å². The van der Waals surface area contributed by atoms with Crippen LogP contribution in [-0.2, 0) is 14.4 Å². The van der Waals surface area contributed by atoms with Crippen LogP contribution >= 0.6 is 0 Å². The summed E-state index contributed by atoms with van der Waals surface area (Å²) in [4.78, 5) is 64.6. The van der Waals surface area contributed by atoms with Gasteiger partial charge in [-0.05, 0) is 45.7 Å². The standard InChI is InChI=1S/C25H40N10O4/c1-33(2)16-23(37)32-20(12-22(36)30-13-18-4-3-10-34(15-18)17-31-26)25(39)35(19-5-6-19)11-9-29-24(38)21-14-27-7-8-28-21/h7-8,14,17-20H,3-6,9-13,15-16,26H2,1-2H3,(H,29,38)(H,30,36)(H,32,37)/t18-,20-/m0/s1. The molecule has 3 rings (SSSR count). The largest absolute Gasteiger partial charge is 0.361 e. The normalized spacial score (nSPS) is 18.0. The van der Waals surface area contributed by atoms with Gasteiger partial charge in [0.2, 0.25) is 17.7 Å².